The topological polar surface area (TPSA) is 277 Å². The smallest absolute Gasteiger partial charge is 0.335 e. The molecule has 0 aromatic rings. The van der Waals surface area contributed by atoms with Crippen molar-refractivity contribution in [3.05, 3.63) is 0 Å². The van der Waals surface area contributed by atoms with Crippen LogP contribution in [0.1, 0.15) is 0 Å². The third kappa shape index (κ3) is 10.8. The summed E-state index contributed by atoms with van der Waals surface area (Å²) in [7, 11) is 0. The van der Waals surface area contributed by atoms with Crippen molar-refractivity contribution >= 4 is 11.9 Å². The summed E-state index contributed by atoms with van der Waals surface area (Å²) >= 11 is 0. The molecule has 0 aromatic carbocycles. The number of aliphatic hydroxyl groups is 10. The second-order valence-electron chi connectivity index (χ2n) is 5.03. The van der Waals surface area contributed by atoms with Gasteiger partial charge in [-0.15, -0.1) is 0 Å². The van der Waals surface area contributed by atoms with Gasteiger partial charge in [0, 0.05) is 17.1 Å². The Balaban J connectivity index is -0.000000411. The molecule has 0 unspecified atom stereocenters. The molecule has 0 aliphatic heterocycles. The van der Waals surface area contributed by atoms with Crippen molar-refractivity contribution in [1.82, 2.24) is 0 Å². The van der Waals surface area contributed by atoms with E-state index in [0.717, 1.165) is 0 Å². The fourth-order valence-corrected chi connectivity index (χ4v) is 1.34. The van der Waals surface area contributed by atoms with Gasteiger partial charge in [0.2, 0.25) is 0 Å². The molecule has 0 spiro atoms. The summed E-state index contributed by atoms with van der Waals surface area (Å²) in [6, 6.07) is 0. The van der Waals surface area contributed by atoms with Gasteiger partial charge in [0.1, 0.15) is 36.6 Å². The second kappa shape index (κ2) is 15.0. The van der Waals surface area contributed by atoms with Gasteiger partial charge in [0.05, 0.1) is 13.2 Å². The maximum Gasteiger partial charge on any atom is 0.335 e. The first kappa shape index (κ1) is 30.8. The minimum absolute atomic E-state index is 0. The largest absolute Gasteiger partial charge is 0.479 e. The minimum Gasteiger partial charge on any atom is -0.479 e. The Morgan fingerprint density at radius 1 is 0.556 bits per heavy atom. The number of carboxylic acids is 2. The van der Waals surface area contributed by atoms with E-state index < -0.39 is 74.0 Å². The van der Waals surface area contributed by atoms with E-state index in [1.807, 2.05) is 0 Å². The van der Waals surface area contributed by atoms with E-state index in [2.05, 4.69) is 0 Å². The first-order chi connectivity index (χ1) is 11.8. The van der Waals surface area contributed by atoms with Gasteiger partial charge < -0.3 is 61.3 Å². The number of rotatable bonds is 10. The van der Waals surface area contributed by atoms with Gasteiger partial charge in [-0.05, 0) is 0 Å². The molecule has 0 rings (SSSR count). The van der Waals surface area contributed by atoms with Crippen LogP contribution in [0.2, 0.25) is 0 Å². The molecule has 14 nitrogen and oxygen atoms in total. The van der Waals surface area contributed by atoms with Crippen molar-refractivity contribution in [3.8, 4) is 0 Å². The molecule has 163 valence electrons. The van der Waals surface area contributed by atoms with Crippen LogP contribution in [0.25, 0.3) is 0 Å². The molecule has 27 heavy (non-hydrogen) atoms. The Morgan fingerprint density at radius 2 is 0.778 bits per heavy atom. The quantitative estimate of drug-likeness (QED) is 0.139. The Labute approximate surface area is 162 Å². The predicted molar refractivity (Wildman–Crippen MR) is 77.5 cm³/mol. The van der Waals surface area contributed by atoms with Gasteiger partial charge in [-0.1, -0.05) is 0 Å². The molecule has 0 bridgehead atoms. The SMILES string of the molecule is O=C(O)[C@H](O)[C@@H](O)[C@H](O)[C@H](O)CO.O=C(O)[C@H](O)[C@@H](O)[C@H](O)[C@H](O)CO.[Mn]. The summed E-state index contributed by atoms with van der Waals surface area (Å²) in [5.41, 5.74) is 0. The van der Waals surface area contributed by atoms with Crippen LogP contribution in [0, 0.1) is 0 Å². The van der Waals surface area contributed by atoms with Crippen LogP contribution < -0.4 is 0 Å². The third-order valence-electron chi connectivity index (χ3n) is 3.02. The van der Waals surface area contributed by atoms with Crippen molar-refractivity contribution in [3.63, 3.8) is 0 Å². The molecule has 0 heterocycles. The molecule has 0 aromatic heterocycles. The van der Waals surface area contributed by atoms with Gasteiger partial charge in [0.25, 0.3) is 0 Å². The van der Waals surface area contributed by atoms with E-state index in [-0.39, 0.29) is 17.1 Å². The molecule has 12 N–H and O–H groups in total. The first-order valence-electron chi connectivity index (χ1n) is 6.95. The number of hydrogen-bond acceptors (Lipinski definition) is 12. The van der Waals surface area contributed by atoms with Gasteiger partial charge in [-0.2, -0.15) is 0 Å². The number of aliphatic carboxylic acids is 2. The molecule has 0 saturated heterocycles. The maximum absolute atomic E-state index is 10.1. The molecular weight excluding hydrogens is 423 g/mol. The summed E-state index contributed by atoms with van der Waals surface area (Å²) in [6.07, 6.45) is -15.7. The fraction of sp³-hybridized carbons (Fsp3) is 0.833. The Morgan fingerprint density at radius 3 is 0.926 bits per heavy atom. The van der Waals surface area contributed by atoms with Crippen molar-refractivity contribution in [1.29, 1.82) is 0 Å². The standard InChI is InChI=1S/2C6H12O7.Mn/c2*7-1-2(8)3(9)4(10)5(11)6(12)13;/h2*2-5,7-11H,1H2,(H,12,13);/t2*2-,3-,4+,5-;/m11./s1. The first-order valence-corrected chi connectivity index (χ1v) is 6.95. The van der Waals surface area contributed by atoms with Crippen LogP contribution >= 0.6 is 0 Å². The van der Waals surface area contributed by atoms with Crippen molar-refractivity contribution in [2.24, 2.45) is 0 Å². The van der Waals surface area contributed by atoms with Gasteiger partial charge in [0.15, 0.2) is 12.2 Å². The van der Waals surface area contributed by atoms with Crippen LogP contribution in [-0.4, -0.2) is 135 Å². The number of carboxylic acid groups (broad SMARTS) is 2. The molecule has 0 fully saturated rings. The van der Waals surface area contributed by atoms with Crippen molar-refractivity contribution < 1.29 is 87.9 Å². The molecule has 1 radical (unpaired) electrons. The van der Waals surface area contributed by atoms with Crippen LogP contribution in [-0.2, 0) is 26.7 Å². The average molecular weight is 447 g/mol. The number of hydrogen-bond donors (Lipinski definition) is 12. The van der Waals surface area contributed by atoms with Crippen LogP contribution in [0.3, 0.4) is 0 Å². The fourth-order valence-electron chi connectivity index (χ4n) is 1.34. The number of aliphatic hydroxyl groups excluding tert-OH is 10. The zero-order valence-corrected chi connectivity index (χ0v) is 14.8. The van der Waals surface area contributed by atoms with Gasteiger partial charge >= 0.3 is 11.9 Å². The third-order valence-corrected chi connectivity index (χ3v) is 3.02. The van der Waals surface area contributed by atoms with Gasteiger partial charge in [-0.3, -0.25) is 0 Å². The van der Waals surface area contributed by atoms with Crippen molar-refractivity contribution in [2.45, 2.75) is 48.8 Å². The van der Waals surface area contributed by atoms with E-state index in [4.69, 9.17) is 61.3 Å². The molecule has 8 atom stereocenters. The van der Waals surface area contributed by atoms with Gasteiger partial charge in [-0.25, -0.2) is 9.59 Å². The second-order valence-corrected chi connectivity index (χ2v) is 5.03. The normalized spacial score (nSPS) is 19.6. The Bertz CT molecular complexity index is 385. The van der Waals surface area contributed by atoms with E-state index in [9.17, 15) is 9.59 Å². The zero-order valence-electron chi connectivity index (χ0n) is 13.6. The van der Waals surface area contributed by atoms with Crippen LogP contribution in [0.15, 0.2) is 0 Å². The number of carbonyl (C=O) groups is 2. The summed E-state index contributed by atoms with van der Waals surface area (Å²) in [4.78, 5) is 20.2. The Kier molecular flexibility index (Phi) is 17.1. The summed E-state index contributed by atoms with van der Waals surface area (Å²) < 4.78 is 0. The minimum atomic E-state index is -2.20. The molecule has 0 amide bonds. The van der Waals surface area contributed by atoms with Crippen LogP contribution in [0.4, 0.5) is 0 Å². The summed E-state index contributed by atoms with van der Waals surface area (Å²) in [5, 5.41) is 104. The Hall–Kier alpha value is -0.941. The molecule has 0 saturated carbocycles. The average Bonchev–Trinajstić information content (AvgIpc) is 2.62. The maximum atomic E-state index is 10.1. The summed E-state index contributed by atoms with van der Waals surface area (Å²) in [5.74, 6) is -3.45. The molecule has 0 aliphatic rings. The molecular formula is C12H24MnO14. The van der Waals surface area contributed by atoms with E-state index >= 15 is 0 Å². The molecule has 15 heteroatoms. The molecule has 0 aliphatic carbocycles. The van der Waals surface area contributed by atoms with Crippen molar-refractivity contribution in [2.75, 3.05) is 13.2 Å². The van der Waals surface area contributed by atoms with E-state index in [1.165, 1.54) is 0 Å². The van der Waals surface area contributed by atoms with E-state index in [0.29, 0.717) is 0 Å². The summed E-state index contributed by atoms with van der Waals surface area (Å²) in [6.45, 7) is -1.69. The zero-order chi connectivity index (χ0) is 21.2. The monoisotopic (exact) mass is 447 g/mol. The van der Waals surface area contributed by atoms with Crippen LogP contribution in [0.5, 0.6) is 0 Å². The predicted octanol–water partition coefficient (Wildman–Crippen LogP) is -6.99. The van der Waals surface area contributed by atoms with E-state index in [1.54, 1.807) is 0 Å².